The van der Waals surface area contributed by atoms with Crippen molar-refractivity contribution >= 4 is 111 Å². The van der Waals surface area contributed by atoms with E-state index in [9.17, 15) is 0 Å². The minimum Gasteiger partial charge on any atom is -0.497 e. The summed E-state index contributed by atoms with van der Waals surface area (Å²) in [7, 11) is 1.67. The lowest BCUT2D eigenvalue weighted by molar-refractivity contribution is 0.415. The van der Waals surface area contributed by atoms with Crippen LogP contribution >= 0.6 is 0 Å². The summed E-state index contributed by atoms with van der Waals surface area (Å²) in [6, 6.07) is 131. The molecule has 16 aromatic carbocycles. The van der Waals surface area contributed by atoms with E-state index in [1.165, 1.54) is 92.8 Å². The van der Waals surface area contributed by atoms with E-state index in [0.717, 1.165) is 62.8 Å². The largest absolute Gasteiger partial charge is 0.497 e. The van der Waals surface area contributed by atoms with E-state index in [0.29, 0.717) is 0 Å². The molecule has 0 aliphatic heterocycles. The molecule has 0 amide bonds. The van der Waals surface area contributed by atoms with Crippen LogP contribution in [0, 0.1) is 0 Å². The molecule has 0 fully saturated rings. The molecule has 0 atom stereocenters. The van der Waals surface area contributed by atoms with Crippen molar-refractivity contribution in [1.29, 1.82) is 0 Å². The Morgan fingerprint density at radius 2 is 0.623 bits per heavy atom. The van der Waals surface area contributed by atoms with E-state index in [2.05, 4.69) is 376 Å². The van der Waals surface area contributed by atoms with Crippen molar-refractivity contribution in [2.45, 2.75) is 45.4 Å². The first-order chi connectivity index (χ1) is 51.9. The fraction of sp³-hybridized carbons (Fsp3) is 0.0808. The maximum atomic E-state index is 5.16. The van der Waals surface area contributed by atoms with Gasteiger partial charge >= 0.3 is 0 Å². The van der Waals surface area contributed by atoms with Gasteiger partial charge in [0, 0.05) is 89.7 Å². The third-order valence-electron chi connectivity index (χ3n) is 19.4. The molecule has 5 N–H and O–H groups in total. The molecule has 1 aliphatic carbocycles. The lowest BCUT2D eigenvalue weighted by Crippen LogP contribution is -2.15. The van der Waals surface area contributed by atoms with Gasteiger partial charge in [-0.05, 0) is 174 Å². The van der Waals surface area contributed by atoms with Gasteiger partial charge in [0.05, 0.1) is 7.11 Å². The summed E-state index contributed by atoms with van der Waals surface area (Å²) in [5, 5.41) is 29.9. The average Bonchev–Trinajstić information content (AvgIpc) is 1.58. The molecule has 0 bridgehead atoms. The molecule has 0 spiro atoms. The molecule has 0 unspecified atom stereocenters. The van der Waals surface area contributed by atoms with Crippen LogP contribution in [0.15, 0.2) is 382 Å². The molecule has 0 radical (unpaired) electrons. The molecule has 0 saturated heterocycles. The number of nitrogens with one attached hydrogen (secondary N) is 5. The summed E-state index contributed by atoms with van der Waals surface area (Å²) >= 11 is 0. The first-order valence-corrected chi connectivity index (χ1v) is 36.2. The first kappa shape index (κ1) is 69.8. The maximum absolute atomic E-state index is 5.16. The third-order valence-corrected chi connectivity index (χ3v) is 19.4. The van der Waals surface area contributed by atoms with Gasteiger partial charge in [-0.1, -0.05) is 308 Å². The van der Waals surface area contributed by atoms with E-state index >= 15 is 0 Å². The van der Waals surface area contributed by atoms with Gasteiger partial charge < -0.3 is 31.3 Å². The number of hydrogen-bond acceptors (Lipinski definition) is 7. The van der Waals surface area contributed by atoms with Crippen molar-refractivity contribution in [3.63, 3.8) is 0 Å². The Hall–Kier alpha value is -13.2. The van der Waals surface area contributed by atoms with Gasteiger partial charge in [0.25, 0.3) is 0 Å². The second-order valence-corrected chi connectivity index (χ2v) is 27.9. The van der Waals surface area contributed by atoms with Crippen LogP contribution in [-0.2, 0) is 10.8 Å². The van der Waals surface area contributed by atoms with Crippen LogP contribution in [0.3, 0.4) is 0 Å². The second kappa shape index (κ2) is 32.4. The highest BCUT2D eigenvalue weighted by Gasteiger charge is 2.35. The minimum absolute atomic E-state index is 0.0301. The van der Waals surface area contributed by atoms with Crippen LogP contribution < -0.4 is 31.3 Å². The lowest BCUT2D eigenvalue weighted by atomic mass is 9.82. The van der Waals surface area contributed by atoms with Gasteiger partial charge in [-0.15, -0.1) is 0 Å². The number of methoxy groups -OCH3 is 1. The van der Waals surface area contributed by atoms with Gasteiger partial charge in [-0.3, -0.25) is 0 Å². The standard InChI is InChI=1S/C25H21N.C22H17N.C20H21N.C17H15NO.C15H12N2/c1-25(2)22-12-6-5-11-20(22)21-15-14-18(16-23(21)25)26-24-13-7-9-17-8-3-4-10-19(17)24;1-2-7-17(8-3-1)18-13-15-20(16-14-18)23-22-12-6-10-19-9-4-5-11-21(19)22;1-20(2,3)16-11-13-17(14-12-16)21-19-10-6-8-15-7-4-5-9-18(15)19;1-19-15-11-9-14(10-12-15)18-17-8-4-6-13-5-2-3-7-16(13)17;1-2-8-13-12(6-1)7-5-9-14(13)17-15-10-3-4-11-16-15/h3-16,26H,1-2H3;1-16,23H;4-14,21H,1-3H3;2-12,18H,1H3;1-11H,(H,16,17). The molecule has 7 heteroatoms. The Morgan fingerprint density at radius 3 is 1.05 bits per heavy atom. The van der Waals surface area contributed by atoms with E-state index < -0.39 is 0 Å². The van der Waals surface area contributed by atoms with Crippen molar-refractivity contribution in [2.75, 3.05) is 33.7 Å². The van der Waals surface area contributed by atoms with Crippen LogP contribution in [-0.4, -0.2) is 12.1 Å². The van der Waals surface area contributed by atoms with E-state index in [4.69, 9.17) is 4.74 Å². The average molecular weight is 1380 g/mol. The topological polar surface area (TPSA) is 82.3 Å². The Balaban J connectivity index is 0.000000112. The van der Waals surface area contributed by atoms with Gasteiger partial charge in [0.15, 0.2) is 0 Å². The third kappa shape index (κ3) is 16.6. The summed E-state index contributed by atoms with van der Waals surface area (Å²) in [6.07, 6.45) is 1.79. The Labute approximate surface area is 622 Å². The summed E-state index contributed by atoms with van der Waals surface area (Å²) in [5.74, 6) is 1.73. The highest BCUT2D eigenvalue weighted by molar-refractivity contribution is 5.99. The second-order valence-electron chi connectivity index (χ2n) is 27.9. The molecule has 0 saturated carbocycles. The Bertz CT molecular complexity index is 5770. The van der Waals surface area contributed by atoms with Crippen molar-refractivity contribution in [1.82, 2.24) is 4.98 Å². The Kier molecular flexibility index (Phi) is 21.3. The molecule has 18 rings (SSSR count). The van der Waals surface area contributed by atoms with Gasteiger partial charge in [0.1, 0.15) is 11.6 Å². The highest BCUT2D eigenvalue weighted by Crippen LogP contribution is 2.49. The van der Waals surface area contributed by atoms with Crippen molar-refractivity contribution < 1.29 is 4.74 Å². The molecule has 1 heterocycles. The number of ether oxygens (including phenoxy) is 1. The van der Waals surface area contributed by atoms with E-state index in [1.807, 2.05) is 66.7 Å². The predicted molar refractivity (Wildman–Crippen MR) is 454 cm³/mol. The zero-order valence-corrected chi connectivity index (χ0v) is 60.7. The molecule has 1 aliphatic rings. The summed E-state index contributed by atoms with van der Waals surface area (Å²) in [4.78, 5) is 4.27. The van der Waals surface area contributed by atoms with E-state index in [1.54, 1.807) is 13.3 Å². The number of nitrogens with zero attached hydrogens (tertiary/aromatic N) is 1. The number of pyridine rings is 1. The van der Waals surface area contributed by atoms with Crippen LogP contribution in [0.5, 0.6) is 5.75 Å². The molecule has 106 heavy (non-hydrogen) atoms. The van der Waals surface area contributed by atoms with Crippen molar-refractivity contribution in [2.24, 2.45) is 0 Å². The van der Waals surface area contributed by atoms with Crippen molar-refractivity contribution in [3.8, 4) is 28.0 Å². The number of fused-ring (bicyclic) bond motifs is 8. The monoisotopic (exact) mass is 1370 g/mol. The normalized spacial score (nSPS) is 11.6. The fourth-order valence-corrected chi connectivity index (χ4v) is 13.8. The van der Waals surface area contributed by atoms with Gasteiger partial charge in [-0.2, -0.15) is 0 Å². The SMILES string of the molecule is CC(C)(C)c1ccc(Nc2cccc3ccccc23)cc1.CC1(C)c2ccccc2-c2ccc(Nc3cccc4ccccc34)cc21.COc1ccc(Nc2cccc3ccccc23)cc1.c1ccc(-c2ccc(Nc3cccc4ccccc34)cc2)cc1.c1ccc(Nc2cccc3ccccc23)nc1. The smallest absolute Gasteiger partial charge is 0.130 e. The number of benzene rings is 16. The van der Waals surface area contributed by atoms with Crippen LogP contribution in [0.4, 0.5) is 57.0 Å². The lowest BCUT2D eigenvalue weighted by Gasteiger charge is -2.22. The zero-order valence-electron chi connectivity index (χ0n) is 60.7. The predicted octanol–water partition coefficient (Wildman–Crippen LogP) is 27.6. The molecular formula is C99H86N6O. The fourth-order valence-electron chi connectivity index (χ4n) is 13.8. The molecule has 1 aromatic heterocycles. The van der Waals surface area contributed by atoms with Crippen LogP contribution in [0.25, 0.3) is 76.1 Å². The number of hydrogen-bond donors (Lipinski definition) is 5. The minimum atomic E-state index is 0.0301. The van der Waals surface area contributed by atoms with Gasteiger partial charge in [-0.25, -0.2) is 4.98 Å². The van der Waals surface area contributed by atoms with Crippen molar-refractivity contribution in [3.05, 3.63) is 399 Å². The van der Waals surface area contributed by atoms with Crippen LogP contribution in [0.2, 0.25) is 0 Å². The summed E-state index contributed by atoms with van der Waals surface area (Å²) in [6.45, 7) is 11.3. The summed E-state index contributed by atoms with van der Waals surface area (Å²) < 4.78 is 5.16. The number of rotatable bonds is 12. The quantitative estimate of drug-likeness (QED) is 0.0834. The maximum Gasteiger partial charge on any atom is 0.130 e. The molecule has 518 valence electrons. The van der Waals surface area contributed by atoms with Crippen LogP contribution in [0.1, 0.15) is 51.3 Å². The summed E-state index contributed by atoms with van der Waals surface area (Å²) in [5.41, 5.74) is 19.6. The molecular weight excluding hydrogens is 1290 g/mol. The molecule has 7 nitrogen and oxygen atoms in total. The van der Waals surface area contributed by atoms with E-state index in [-0.39, 0.29) is 10.8 Å². The number of anilines is 10. The van der Waals surface area contributed by atoms with Gasteiger partial charge in [0.2, 0.25) is 0 Å². The first-order valence-electron chi connectivity index (χ1n) is 36.2. The molecule has 17 aromatic rings. The Morgan fingerprint density at radius 1 is 0.283 bits per heavy atom. The zero-order chi connectivity index (χ0) is 72.7. The highest BCUT2D eigenvalue weighted by atomic mass is 16.5. The number of aromatic nitrogens is 1.